The Morgan fingerprint density at radius 1 is 1.32 bits per heavy atom. The summed E-state index contributed by atoms with van der Waals surface area (Å²) < 4.78 is 1.61. The van der Waals surface area contributed by atoms with Gasteiger partial charge < -0.3 is 5.11 Å². The molecule has 100 valence electrons. The second-order valence-electron chi connectivity index (χ2n) is 3.62. The van der Waals surface area contributed by atoms with Gasteiger partial charge in [0.25, 0.3) is 0 Å². The van der Waals surface area contributed by atoms with E-state index in [9.17, 15) is 5.11 Å². The molecule has 1 aromatic carbocycles. The maximum Gasteiger partial charge on any atom is 0.211 e. The van der Waals surface area contributed by atoms with Gasteiger partial charge in [0.05, 0.1) is 16.3 Å². The minimum atomic E-state index is -0.134. The fourth-order valence-electron chi connectivity index (χ4n) is 1.38. The first kappa shape index (κ1) is 14.2. The summed E-state index contributed by atoms with van der Waals surface area (Å²) in [6.45, 7) is 1.81. The van der Waals surface area contributed by atoms with Gasteiger partial charge in [0.15, 0.2) is 11.6 Å². The number of halogens is 2. The number of aromatic hydroxyl groups is 1. The van der Waals surface area contributed by atoms with Crippen LogP contribution >= 0.6 is 35.0 Å². The molecule has 8 heteroatoms. The predicted octanol–water partition coefficient (Wildman–Crippen LogP) is 3.20. The first-order valence-electron chi connectivity index (χ1n) is 5.21. The molecule has 2 rings (SSSR count). The fraction of sp³-hybridized carbons (Fsp3) is 0.182. The van der Waals surface area contributed by atoms with Crippen LogP contribution in [0, 0.1) is 6.92 Å². The summed E-state index contributed by atoms with van der Waals surface area (Å²) in [4.78, 5) is 0. The monoisotopic (exact) mass is 316 g/mol. The highest BCUT2D eigenvalue weighted by Gasteiger charge is 2.07. The number of nitrogens with zero attached hydrogens (tertiary/aromatic N) is 4. The molecule has 0 aliphatic carbocycles. The highest BCUT2D eigenvalue weighted by atomic mass is 35.5. The summed E-state index contributed by atoms with van der Waals surface area (Å²) in [6.07, 6.45) is 3.47. The van der Waals surface area contributed by atoms with E-state index in [4.69, 9.17) is 23.2 Å². The number of aromatic nitrogens is 3. The number of phenolic OH excluding ortho intramolecular Hbond substituents is 1. The van der Waals surface area contributed by atoms with Gasteiger partial charge in [-0.25, -0.2) is 0 Å². The van der Waals surface area contributed by atoms with Gasteiger partial charge in [0, 0.05) is 0 Å². The second-order valence-corrected chi connectivity index (χ2v) is 5.21. The van der Waals surface area contributed by atoms with Gasteiger partial charge in [-0.2, -0.15) is 9.78 Å². The molecule has 1 heterocycles. The van der Waals surface area contributed by atoms with E-state index in [1.165, 1.54) is 11.8 Å². The third-order valence-corrected chi connectivity index (χ3v) is 3.51. The Kier molecular flexibility index (Phi) is 4.34. The van der Waals surface area contributed by atoms with Crippen molar-refractivity contribution in [2.75, 3.05) is 6.26 Å². The number of hydrogen-bond donors (Lipinski definition) is 1. The maximum atomic E-state index is 9.47. The maximum absolute atomic E-state index is 9.47. The van der Waals surface area contributed by atoms with Gasteiger partial charge in [-0.1, -0.05) is 35.0 Å². The lowest BCUT2D eigenvalue weighted by atomic mass is 10.2. The highest BCUT2D eigenvalue weighted by molar-refractivity contribution is 7.98. The van der Waals surface area contributed by atoms with Gasteiger partial charge in [-0.05, 0) is 30.9 Å². The van der Waals surface area contributed by atoms with Crippen LogP contribution in [-0.4, -0.2) is 32.5 Å². The van der Waals surface area contributed by atoms with Crippen LogP contribution in [0.5, 0.6) is 5.75 Å². The van der Waals surface area contributed by atoms with Crippen molar-refractivity contribution in [3.05, 3.63) is 33.6 Å². The minimum Gasteiger partial charge on any atom is -0.505 e. The van der Waals surface area contributed by atoms with Gasteiger partial charge >= 0.3 is 0 Å². The third kappa shape index (κ3) is 3.02. The molecule has 0 saturated carbocycles. The zero-order valence-electron chi connectivity index (χ0n) is 10.1. The average Bonchev–Trinajstić information content (AvgIpc) is 2.74. The van der Waals surface area contributed by atoms with Gasteiger partial charge in [-0.15, -0.1) is 10.2 Å². The van der Waals surface area contributed by atoms with Crippen molar-refractivity contribution in [3.8, 4) is 5.75 Å². The largest absolute Gasteiger partial charge is 0.505 e. The Balaban J connectivity index is 2.35. The van der Waals surface area contributed by atoms with Crippen molar-refractivity contribution in [1.82, 2.24) is 14.9 Å². The van der Waals surface area contributed by atoms with Crippen LogP contribution in [0.3, 0.4) is 0 Å². The first-order valence-corrected chi connectivity index (χ1v) is 7.19. The summed E-state index contributed by atoms with van der Waals surface area (Å²) in [5.74, 6) is 0.544. The van der Waals surface area contributed by atoms with E-state index in [2.05, 4.69) is 15.3 Å². The number of hydrogen-bond acceptors (Lipinski definition) is 5. The average molecular weight is 317 g/mol. The smallest absolute Gasteiger partial charge is 0.211 e. The minimum absolute atomic E-state index is 0.134. The van der Waals surface area contributed by atoms with Crippen molar-refractivity contribution in [2.24, 2.45) is 5.10 Å². The van der Waals surface area contributed by atoms with Crippen molar-refractivity contribution >= 4 is 41.2 Å². The van der Waals surface area contributed by atoms with Crippen LogP contribution in [0.25, 0.3) is 0 Å². The van der Waals surface area contributed by atoms with Crippen molar-refractivity contribution in [2.45, 2.75) is 12.1 Å². The quantitative estimate of drug-likeness (QED) is 0.697. The number of rotatable bonds is 3. The molecule has 1 N–H and O–H groups in total. The Bertz CT molecular complexity index is 619. The second kappa shape index (κ2) is 5.81. The van der Waals surface area contributed by atoms with E-state index < -0.39 is 0 Å². The number of thioether (sulfide) groups is 1. The van der Waals surface area contributed by atoms with Crippen molar-refractivity contribution in [1.29, 1.82) is 0 Å². The Labute approximate surface area is 124 Å². The topological polar surface area (TPSA) is 63.3 Å². The molecule has 0 aliphatic heterocycles. The van der Waals surface area contributed by atoms with Gasteiger partial charge in [0.2, 0.25) is 5.16 Å². The molecule has 5 nitrogen and oxygen atoms in total. The molecule has 0 atom stereocenters. The summed E-state index contributed by atoms with van der Waals surface area (Å²) in [5.41, 5.74) is 0.674. The van der Waals surface area contributed by atoms with E-state index in [-0.39, 0.29) is 15.8 Å². The van der Waals surface area contributed by atoms with E-state index >= 15 is 0 Å². The molecule has 19 heavy (non-hydrogen) atoms. The van der Waals surface area contributed by atoms with Gasteiger partial charge in [-0.3, -0.25) is 0 Å². The molecular weight excluding hydrogens is 307 g/mol. The van der Waals surface area contributed by atoms with E-state index in [0.29, 0.717) is 16.5 Å². The SMILES string of the molecule is CSc1nnc(C)n1/N=C\c1cc(Cl)c(O)c(Cl)c1. The lowest BCUT2D eigenvalue weighted by molar-refractivity contribution is 0.476. The summed E-state index contributed by atoms with van der Waals surface area (Å²) >= 11 is 13.1. The molecule has 0 amide bonds. The predicted molar refractivity (Wildman–Crippen MR) is 77.7 cm³/mol. The summed E-state index contributed by atoms with van der Waals surface area (Å²) in [7, 11) is 0. The molecule has 0 saturated heterocycles. The molecule has 0 fully saturated rings. The van der Waals surface area contributed by atoms with Crippen LogP contribution in [0.1, 0.15) is 11.4 Å². The Hall–Kier alpha value is -1.24. The third-order valence-electron chi connectivity index (χ3n) is 2.31. The summed E-state index contributed by atoms with van der Waals surface area (Å²) in [5, 5.41) is 22.7. The Morgan fingerprint density at radius 2 is 1.95 bits per heavy atom. The van der Waals surface area contributed by atoms with Crippen LogP contribution in [0.15, 0.2) is 22.4 Å². The molecule has 0 radical (unpaired) electrons. The van der Waals surface area contributed by atoms with E-state index in [0.717, 1.165) is 0 Å². The number of aryl methyl sites for hydroxylation is 1. The first-order chi connectivity index (χ1) is 9.02. The van der Waals surface area contributed by atoms with Crippen LogP contribution < -0.4 is 0 Å². The lowest BCUT2D eigenvalue weighted by Gasteiger charge is -2.02. The number of phenols is 1. The van der Waals surface area contributed by atoms with Crippen molar-refractivity contribution in [3.63, 3.8) is 0 Å². The normalized spacial score (nSPS) is 11.4. The molecule has 0 aliphatic rings. The molecule has 0 unspecified atom stereocenters. The number of benzene rings is 1. The van der Waals surface area contributed by atoms with Crippen LogP contribution in [0.2, 0.25) is 10.0 Å². The van der Waals surface area contributed by atoms with E-state index in [1.54, 1.807) is 29.9 Å². The molecule has 0 spiro atoms. The highest BCUT2D eigenvalue weighted by Crippen LogP contribution is 2.32. The van der Waals surface area contributed by atoms with Gasteiger partial charge in [0.1, 0.15) is 0 Å². The Morgan fingerprint density at radius 3 is 2.53 bits per heavy atom. The van der Waals surface area contributed by atoms with E-state index in [1.807, 2.05) is 6.26 Å². The molecular formula is C11H10Cl2N4OS. The summed E-state index contributed by atoms with van der Waals surface area (Å²) in [6, 6.07) is 3.15. The van der Waals surface area contributed by atoms with Crippen LogP contribution in [-0.2, 0) is 0 Å². The molecule has 0 bridgehead atoms. The van der Waals surface area contributed by atoms with Crippen LogP contribution in [0.4, 0.5) is 0 Å². The zero-order valence-corrected chi connectivity index (χ0v) is 12.5. The standard InChI is InChI=1S/C11H10Cl2N4OS/c1-6-15-16-11(19-2)17(6)14-5-7-3-8(12)10(18)9(13)4-7/h3-5,18H,1-2H3/b14-5-. The lowest BCUT2D eigenvalue weighted by Crippen LogP contribution is -1.95. The fourth-order valence-corrected chi connectivity index (χ4v) is 2.36. The van der Waals surface area contributed by atoms with Crippen molar-refractivity contribution < 1.29 is 5.11 Å². The molecule has 1 aromatic heterocycles. The molecule has 2 aromatic rings. The zero-order chi connectivity index (χ0) is 14.0.